The number of nitrogens with one attached hydrogen (secondary N) is 1. The van der Waals surface area contributed by atoms with Crippen LogP contribution in [0.25, 0.3) is 0 Å². The van der Waals surface area contributed by atoms with Crippen LogP contribution in [0.4, 0.5) is 5.69 Å². The van der Waals surface area contributed by atoms with Crippen molar-refractivity contribution in [3.63, 3.8) is 0 Å². The summed E-state index contributed by atoms with van der Waals surface area (Å²) < 4.78 is 16.4. The van der Waals surface area contributed by atoms with Gasteiger partial charge in [0.05, 0.1) is 30.5 Å². The van der Waals surface area contributed by atoms with Crippen molar-refractivity contribution < 1.29 is 19.0 Å². The number of anilines is 1. The molecule has 0 saturated carbocycles. The molecule has 0 fully saturated rings. The van der Waals surface area contributed by atoms with E-state index in [2.05, 4.69) is 5.32 Å². The molecule has 1 amide bonds. The molecule has 0 aromatic heterocycles. The average Bonchev–Trinajstić information content (AvgIpc) is 2.73. The predicted octanol–water partition coefficient (Wildman–Crippen LogP) is 5.84. The number of benzene rings is 3. The Balaban J connectivity index is 1.80. The molecule has 0 radical (unpaired) electrons. The molecule has 3 rings (SSSR count). The van der Waals surface area contributed by atoms with Crippen molar-refractivity contribution in [1.29, 1.82) is 0 Å². The molecule has 150 valence electrons. The van der Waals surface area contributed by atoms with Gasteiger partial charge in [-0.2, -0.15) is 0 Å². The summed E-state index contributed by atoms with van der Waals surface area (Å²) in [7, 11) is 3.01. The van der Waals surface area contributed by atoms with Crippen LogP contribution in [0, 0.1) is 0 Å². The lowest BCUT2D eigenvalue weighted by atomic mass is 10.1. The minimum Gasteiger partial charge on any atom is -0.495 e. The molecule has 0 bridgehead atoms. The zero-order valence-electron chi connectivity index (χ0n) is 15.9. The predicted molar refractivity (Wildman–Crippen MR) is 115 cm³/mol. The highest BCUT2D eigenvalue weighted by atomic mass is 35.5. The van der Waals surface area contributed by atoms with Crippen molar-refractivity contribution in [2.45, 2.75) is 6.61 Å². The number of rotatable bonds is 7. The van der Waals surface area contributed by atoms with E-state index in [-0.39, 0.29) is 5.91 Å². The molecule has 5 nitrogen and oxygen atoms in total. The second kappa shape index (κ2) is 9.54. The van der Waals surface area contributed by atoms with E-state index in [4.69, 9.17) is 37.4 Å². The molecule has 3 aromatic rings. The average molecular weight is 432 g/mol. The van der Waals surface area contributed by atoms with Gasteiger partial charge in [-0.25, -0.2) is 0 Å². The SMILES string of the molecule is COc1cc(OC)c(NC(=O)c2ccccc2OCc2ccc(Cl)cc2)cc1Cl. The first-order chi connectivity index (χ1) is 14.0. The van der Waals surface area contributed by atoms with Crippen molar-refractivity contribution in [2.75, 3.05) is 19.5 Å². The van der Waals surface area contributed by atoms with E-state index in [1.165, 1.54) is 14.2 Å². The van der Waals surface area contributed by atoms with Crippen LogP contribution in [-0.2, 0) is 6.61 Å². The number of hydrogen-bond donors (Lipinski definition) is 1. The quantitative estimate of drug-likeness (QED) is 0.510. The van der Waals surface area contributed by atoms with Crippen LogP contribution in [0.1, 0.15) is 15.9 Å². The van der Waals surface area contributed by atoms with E-state index in [0.29, 0.717) is 45.2 Å². The van der Waals surface area contributed by atoms with E-state index in [0.717, 1.165) is 5.56 Å². The van der Waals surface area contributed by atoms with Crippen LogP contribution in [0.2, 0.25) is 10.0 Å². The number of methoxy groups -OCH3 is 2. The van der Waals surface area contributed by atoms with Gasteiger partial charge in [-0.1, -0.05) is 47.5 Å². The molecule has 0 atom stereocenters. The molecule has 3 aromatic carbocycles. The van der Waals surface area contributed by atoms with Crippen LogP contribution in [0.3, 0.4) is 0 Å². The highest BCUT2D eigenvalue weighted by molar-refractivity contribution is 6.32. The number of ether oxygens (including phenoxy) is 3. The molecule has 0 spiro atoms. The van der Waals surface area contributed by atoms with Crippen molar-refractivity contribution >= 4 is 34.8 Å². The smallest absolute Gasteiger partial charge is 0.259 e. The van der Waals surface area contributed by atoms with Crippen molar-refractivity contribution in [1.82, 2.24) is 0 Å². The van der Waals surface area contributed by atoms with Gasteiger partial charge in [0.2, 0.25) is 0 Å². The van der Waals surface area contributed by atoms with Crippen molar-refractivity contribution in [2.24, 2.45) is 0 Å². The summed E-state index contributed by atoms with van der Waals surface area (Å²) in [6.07, 6.45) is 0. The van der Waals surface area contributed by atoms with Crippen LogP contribution >= 0.6 is 23.2 Å². The van der Waals surface area contributed by atoms with Gasteiger partial charge in [0.15, 0.2) is 0 Å². The Morgan fingerprint density at radius 1 is 0.897 bits per heavy atom. The second-order valence-corrected chi connectivity index (χ2v) is 6.90. The third-order valence-corrected chi connectivity index (χ3v) is 4.71. The summed E-state index contributed by atoms with van der Waals surface area (Å²) in [6, 6.07) is 17.5. The molecule has 0 unspecified atom stereocenters. The highest BCUT2D eigenvalue weighted by Crippen LogP contribution is 2.36. The zero-order chi connectivity index (χ0) is 20.8. The Morgan fingerprint density at radius 3 is 2.28 bits per heavy atom. The maximum absolute atomic E-state index is 12.9. The molecule has 0 aliphatic rings. The molecular weight excluding hydrogens is 413 g/mol. The maximum Gasteiger partial charge on any atom is 0.259 e. The fourth-order valence-electron chi connectivity index (χ4n) is 2.67. The van der Waals surface area contributed by atoms with Crippen LogP contribution in [0.15, 0.2) is 60.7 Å². The van der Waals surface area contributed by atoms with Crippen LogP contribution < -0.4 is 19.5 Å². The first kappa shape index (κ1) is 20.8. The molecule has 0 heterocycles. The van der Waals surface area contributed by atoms with E-state index in [1.807, 2.05) is 12.1 Å². The van der Waals surface area contributed by atoms with Gasteiger partial charge < -0.3 is 19.5 Å². The standard InChI is InChI=1S/C22H19Cl2NO4/c1-27-20-12-21(28-2)18(11-17(20)24)25-22(26)16-5-3-4-6-19(16)29-13-14-7-9-15(23)10-8-14/h3-12H,13H2,1-2H3,(H,25,26). The number of carbonyl (C=O) groups excluding carboxylic acids is 1. The summed E-state index contributed by atoms with van der Waals surface area (Å²) in [6.45, 7) is 0.305. The number of carbonyl (C=O) groups is 1. The number of amides is 1. The number of para-hydroxylation sites is 1. The van der Waals surface area contributed by atoms with Gasteiger partial charge in [-0.3, -0.25) is 4.79 Å². The summed E-state index contributed by atoms with van der Waals surface area (Å²) >= 11 is 12.1. The Bertz CT molecular complexity index is 1010. The summed E-state index contributed by atoms with van der Waals surface area (Å²) in [5.41, 5.74) is 1.75. The molecule has 29 heavy (non-hydrogen) atoms. The monoisotopic (exact) mass is 431 g/mol. The van der Waals surface area contributed by atoms with Crippen molar-refractivity contribution in [3.05, 3.63) is 81.8 Å². The summed E-state index contributed by atoms with van der Waals surface area (Å²) in [5, 5.41) is 3.83. The molecule has 0 saturated heterocycles. The maximum atomic E-state index is 12.9. The molecule has 1 N–H and O–H groups in total. The van der Waals surface area contributed by atoms with Crippen LogP contribution in [-0.4, -0.2) is 20.1 Å². The van der Waals surface area contributed by atoms with Crippen molar-refractivity contribution in [3.8, 4) is 17.2 Å². The Kier molecular flexibility index (Phi) is 6.86. The molecule has 0 aliphatic heterocycles. The third kappa shape index (κ3) is 5.13. The normalized spacial score (nSPS) is 10.3. The largest absolute Gasteiger partial charge is 0.495 e. The first-order valence-corrected chi connectivity index (χ1v) is 9.46. The topological polar surface area (TPSA) is 56.8 Å². The van der Waals surface area contributed by atoms with E-state index in [1.54, 1.807) is 48.5 Å². The van der Waals surface area contributed by atoms with E-state index in [9.17, 15) is 4.79 Å². The number of halogens is 2. The number of hydrogen-bond acceptors (Lipinski definition) is 4. The first-order valence-electron chi connectivity index (χ1n) is 8.71. The van der Waals surface area contributed by atoms with E-state index >= 15 is 0 Å². The Labute approximate surface area is 179 Å². The molecule has 7 heteroatoms. The van der Waals surface area contributed by atoms with Crippen LogP contribution in [0.5, 0.6) is 17.2 Å². The van der Waals surface area contributed by atoms with E-state index < -0.39 is 0 Å². The molecule has 0 aliphatic carbocycles. The minimum absolute atomic E-state index is 0.305. The highest BCUT2D eigenvalue weighted by Gasteiger charge is 2.16. The van der Waals surface area contributed by atoms with Gasteiger partial charge in [0.1, 0.15) is 23.9 Å². The molecular formula is C22H19Cl2NO4. The van der Waals surface area contributed by atoms with Gasteiger partial charge in [-0.15, -0.1) is 0 Å². The fourth-order valence-corrected chi connectivity index (χ4v) is 3.04. The third-order valence-electron chi connectivity index (χ3n) is 4.16. The summed E-state index contributed by atoms with van der Waals surface area (Å²) in [4.78, 5) is 12.9. The van der Waals surface area contributed by atoms with Gasteiger partial charge >= 0.3 is 0 Å². The summed E-state index contributed by atoms with van der Waals surface area (Å²) in [5.74, 6) is 0.988. The lowest BCUT2D eigenvalue weighted by molar-refractivity contribution is 0.102. The minimum atomic E-state index is -0.351. The fraction of sp³-hybridized carbons (Fsp3) is 0.136. The Morgan fingerprint density at radius 2 is 1.59 bits per heavy atom. The lowest BCUT2D eigenvalue weighted by Gasteiger charge is -2.15. The second-order valence-electron chi connectivity index (χ2n) is 6.05. The zero-order valence-corrected chi connectivity index (χ0v) is 17.4. The lowest BCUT2D eigenvalue weighted by Crippen LogP contribution is -2.14. The van der Waals surface area contributed by atoms with Gasteiger partial charge in [0, 0.05) is 11.1 Å². The van der Waals surface area contributed by atoms with Gasteiger partial charge in [0.25, 0.3) is 5.91 Å². The Hall–Kier alpha value is -2.89. The van der Waals surface area contributed by atoms with Gasteiger partial charge in [-0.05, 0) is 35.9 Å².